The summed E-state index contributed by atoms with van der Waals surface area (Å²) >= 11 is 1.55. The Morgan fingerprint density at radius 3 is 2.76 bits per heavy atom. The minimum atomic E-state index is -0.177. The van der Waals surface area contributed by atoms with Gasteiger partial charge in [0.25, 0.3) is 5.91 Å². The van der Waals surface area contributed by atoms with Crippen molar-refractivity contribution in [2.75, 3.05) is 5.32 Å². The number of aryl methyl sites for hydroxylation is 1. The number of nitrogens with one attached hydrogen (secondary N) is 1. The van der Waals surface area contributed by atoms with Crippen LogP contribution >= 0.6 is 11.3 Å². The number of nitrogens with zero attached hydrogens (tertiary/aromatic N) is 2. The Morgan fingerprint density at radius 1 is 1.16 bits per heavy atom. The van der Waals surface area contributed by atoms with E-state index >= 15 is 0 Å². The molecule has 0 saturated heterocycles. The SMILES string of the molecule is N#Cc1c(NC(=O)c2cccc(-n3cccc3)c2)sc2c1CCCC2. The molecule has 1 aliphatic rings. The highest BCUT2D eigenvalue weighted by Gasteiger charge is 2.22. The van der Waals surface area contributed by atoms with Gasteiger partial charge in [-0.15, -0.1) is 11.3 Å². The summed E-state index contributed by atoms with van der Waals surface area (Å²) in [5.41, 5.74) is 3.30. The molecule has 1 aliphatic carbocycles. The fourth-order valence-electron chi connectivity index (χ4n) is 3.26. The van der Waals surface area contributed by atoms with Gasteiger partial charge in [0.1, 0.15) is 11.1 Å². The highest BCUT2D eigenvalue weighted by Crippen LogP contribution is 2.37. The van der Waals surface area contributed by atoms with Gasteiger partial charge in [-0.05, 0) is 61.6 Å². The summed E-state index contributed by atoms with van der Waals surface area (Å²) < 4.78 is 1.96. The fraction of sp³-hybridized carbons (Fsp3) is 0.200. The first-order valence-electron chi connectivity index (χ1n) is 8.35. The van der Waals surface area contributed by atoms with Gasteiger partial charge in [0.15, 0.2) is 0 Å². The first-order valence-corrected chi connectivity index (χ1v) is 9.17. The summed E-state index contributed by atoms with van der Waals surface area (Å²) in [4.78, 5) is 13.9. The molecule has 2 heterocycles. The molecule has 3 aromatic rings. The Hall–Kier alpha value is -2.84. The highest BCUT2D eigenvalue weighted by molar-refractivity contribution is 7.16. The molecule has 5 heteroatoms. The van der Waals surface area contributed by atoms with Gasteiger partial charge in [-0.2, -0.15) is 5.26 Å². The number of hydrogen-bond acceptors (Lipinski definition) is 3. The molecule has 0 radical (unpaired) electrons. The van der Waals surface area contributed by atoms with Crippen molar-refractivity contribution in [2.45, 2.75) is 25.7 Å². The third-order valence-electron chi connectivity index (χ3n) is 4.52. The van der Waals surface area contributed by atoms with Crippen molar-refractivity contribution in [3.63, 3.8) is 0 Å². The van der Waals surface area contributed by atoms with Crippen molar-refractivity contribution in [3.8, 4) is 11.8 Å². The van der Waals surface area contributed by atoms with E-state index in [9.17, 15) is 10.1 Å². The quantitative estimate of drug-likeness (QED) is 0.756. The van der Waals surface area contributed by atoms with Gasteiger partial charge in [-0.1, -0.05) is 6.07 Å². The van der Waals surface area contributed by atoms with Crippen LogP contribution < -0.4 is 5.32 Å². The zero-order chi connectivity index (χ0) is 17.2. The van der Waals surface area contributed by atoms with E-state index in [1.54, 1.807) is 17.4 Å². The molecule has 0 fully saturated rings. The van der Waals surface area contributed by atoms with E-state index in [1.165, 1.54) is 4.88 Å². The van der Waals surface area contributed by atoms with Gasteiger partial charge in [-0.3, -0.25) is 4.79 Å². The minimum absolute atomic E-state index is 0.177. The normalized spacial score (nSPS) is 13.1. The number of carbonyl (C=O) groups excluding carboxylic acids is 1. The third-order valence-corrected chi connectivity index (χ3v) is 5.73. The number of nitriles is 1. The molecule has 2 aromatic heterocycles. The minimum Gasteiger partial charge on any atom is -0.324 e. The Bertz CT molecular complexity index is 963. The molecule has 0 atom stereocenters. The molecule has 124 valence electrons. The van der Waals surface area contributed by atoms with Crippen LogP contribution in [0, 0.1) is 11.3 Å². The van der Waals surface area contributed by atoms with Crippen LogP contribution in [0.1, 0.15) is 39.2 Å². The second-order valence-corrected chi connectivity index (χ2v) is 7.23. The second-order valence-electron chi connectivity index (χ2n) is 6.12. The lowest BCUT2D eigenvalue weighted by atomic mass is 9.96. The molecule has 1 amide bonds. The smallest absolute Gasteiger partial charge is 0.256 e. The van der Waals surface area contributed by atoms with Crippen LogP contribution in [0.4, 0.5) is 5.00 Å². The Balaban J connectivity index is 1.62. The fourth-order valence-corrected chi connectivity index (χ4v) is 4.50. The van der Waals surface area contributed by atoms with E-state index in [0.29, 0.717) is 16.1 Å². The predicted octanol–water partition coefficient (Wildman–Crippen LogP) is 4.54. The lowest BCUT2D eigenvalue weighted by molar-refractivity contribution is 0.102. The number of benzene rings is 1. The summed E-state index contributed by atoms with van der Waals surface area (Å²) in [5.74, 6) is -0.177. The number of aromatic nitrogens is 1. The maximum atomic E-state index is 12.7. The van der Waals surface area contributed by atoms with Gasteiger partial charge in [-0.25, -0.2) is 0 Å². The van der Waals surface area contributed by atoms with E-state index in [2.05, 4.69) is 11.4 Å². The lowest BCUT2D eigenvalue weighted by Crippen LogP contribution is -2.12. The number of thiophene rings is 1. The zero-order valence-electron chi connectivity index (χ0n) is 13.7. The van der Waals surface area contributed by atoms with E-state index < -0.39 is 0 Å². The topological polar surface area (TPSA) is 57.8 Å². The molecule has 0 aliphatic heterocycles. The van der Waals surface area contributed by atoms with Crippen LogP contribution in [-0.4, -0.2) is 10.5 Å². The van der Waals surface area contributed by atoms with Crippen LogP contribution in [0.25, 0.3) is 5.69 Å². The number of amides is 1. The molecule has 1 N–H and O–H groups in total. The van der Waals surface area contributed by atoms with Crippen molar-refractivity contribution >= 4 is 22.2 Å². The van der Waals surface area contributed by atoms with Crippen LogP contribution in [0.2, 0.25) is 0 Å². The maximum absolute atomic E-state index is 12.7. The molecule has 25 heavy (non-hydrogen) atoms. The predicted molar refractivity (Wildman–Crippen MR) is 99.4 cm³/mol. The molecular formula is C20H17N3OS. The number of carbonyl (C=O) groups is 1. The van der Waals surface area contributed by atoms with Crippen molar-refractivity contribution < 1.29 is 4.79 Å². The first kappa shape index (κ1) is 15.7. The average molecular weight is 347 g/mol. The van der Waals surface area contributed by atoms with Crippen LogP contribution in [-0.2, 0) is 12.8 Å². The highest BCUT2D eigenvalue weighted by atomic mass is 32.1. The summed E-state index contributed by atoms with van der Waals surface area (Å²) in [6.07, 6.45) is 8.10. The van der Waals surface area contributed by atoms with Crippen molar-refractivity contribution in [1.82, 2.24) is 4.57 Å². The molecule has 0 saturated carbocycles. The molecule has 0 bridgehead atoms. The van der Waals surface area contributed by atoms with E-state index in [4.69, 9.17) is 0 Å². The molecule has 1 aromatic carbocycles. The molecule has 4 nitrogen and oxygen atoms in total. The van der Waals surface area contributed by atoms with E-state index in [0.717, 1.165) is 36.9 Å². The summed E-state index contributed by atoms with van der Waals surface area (Å²) in [5, 5.41) is 13.2. The van der Waals surface area contributed by atoms with Crippen molar-refractivity contribution in [2.24, 2.45) is 0 Å². The van der Waals surface area contributed by atoms with Gasteiger partial charge in [0.05, 0.1) is 5.56 Å². The second kappa shape index (κ2) is 6.58. The van der Waals surface area contributed by atoms with Crippen LogP contribution in [0.5, 0.6) is 0 Å². The van der Waals surface area contributed by atoms with Crippen molar-refractivity contribution in [1.29, 1.82) is 5.26 Å². The van der Waals surface area contributed by atoms with E-state index in [-0.39, 0.29) is 5.91 Å². The number of rotatable bonds is 3. The third kappa shape index (κ3) is 2.97. The van der Waals surface area contributed by atoms with Crippen LogP contribution in [0.15, 0.2) is 48.8 Å². The van der Waals surface area contributed by atoms with Gasteiger partial charge in [0, 0.05) is 28.5 Å². The first-order chi connectivity index (χ1) is 12.3. The van der Waals surface area contributed by atoms with Crippen LogP contribution in [0.3, 0.4) is 0 Å². The number of anilines is 1. The Labute approximate surface area is 150 Å². The summed E-state index contributed by atoms with van der Waals surface area (Å²) in [6.45, 7) is 0. The summed E-state index contributed by atoms with van der Waals surface area (Å²) in [6, 6.07) is 13.7. The molecule has 4 rings (SSSR count). The molecular weight excluding hydrogens is 330 g/mol. The Morgan fingerprint density at radius 2 is 1.96 bits per heavy atom. The zero-order valence-corrected chi connectivity index (χ0v) is 14.5. The van der Waals surface area contributed by atoms with Gasteiger partial charge in [0.2, 0.25) is 0 Å². The lowest BCUT2D eigenvalue weighted by Gasteiger charge is -2.09. The van der Waals surface area contributed by atoms with E-state index in [1.807, 2.05) is 47.3 Å². The van der Waals surface area contributed by atoms with Gasteiger partial charge < -0.3 is 9.88 Å². The standard InChI is InChI=1S/C20H17N3OS/c21-13-17-16-8-1-2-9-18(16)25-20(17)22-19(24)14-6-5-7-15(12-14)23-10-3-4-11-23/h3-7,10-12H,1-2,8-9H2,(H,22,24). The van der Waals surface area contributed by atoms with Crippen molar-refractivity contribution in [3.05, 3.63) is 70.4 Å². The molecule has 0 spiro atoms. The summed E-state index contributed by atoms with van der Waals surface area (Å²) in [7, 11) is 0. The number of hydrogen-bond donors (Lipinski definition) is 1. The Kier molecular flexibility index (Phi) is 4.12. The monoisotopic (exact) mass is 347 g/mol. The maximum Gasteiger partial charge on any atom is 0.256 e. The average Bonchev–Trinajstić information content (AvgIpc) is 3.29. The molecule has 0 unspecified atom stereocenters. The largest absolute Gasteiger partial charge is 0.324 e. The number of fused-ring (bicyclic) bond motifs is 1. The van der Waals surface area contributed by atoms with Gasteiger partial charge >= 0.3 is 0 Å².